The average Bonchev–Trinajstić information content (AvgIpc) is 3.03. The zero-order valence-electron chi connectivity index (χ0n) is 14.6. The molecule has 0 bridgehead atoms. The summed E-state index contributed by atoms with van der Waals surface area (Å²) in [6, 6.07) is 20.1. The molecule has 0 atom stereocenters. The van der Waals surface area contributed by atoms with Crippen LogP contribution in [0, 0.1) is 13.8 Å². The molecule has 0 saturated heterocycles. The first-order valence-corrected chi connectivity index (χ1v) is 8.42. The molecule has 0 aliphatic carbocycles. The molecule has 2 aromatic carbocycles. The summed E-state index contributed by atoms with van der Waals surface area (Å²) < 4.78 is 2.15. The van der Waals surface area contributed by atoms with E-state index in [2.05, 4.69) is 33.4 Å². The molecule has 4 heteroatoms. The van der Waals surface area contributed by atoms with Crippen molar-refractivity contribution in [1.82, 2.24) is 9.88 Å². The van der Waals surface area contributed by atoms with Crippen molar-refractivity contribution < 1.29 is 4.79 Å². The van der Waals surface area contributed by atoms with Crippen LogP contribution in [0.2, 0.25) is 0 Å². The number of rotatable bonds is 5. The van der Waals surface area contributed by atoms with Crippen molar-refractivity contribution >= 4 is 11.7 Å². The highest BCUT2D eigenvalue weighted by molar-refractivity contribution is 5.90. The van der Waals surface area contributed by atoms with Gasteiger partial charge in [0.15, 0.2) is 0 Å². The lowest BCUT2D eigenvalue weighted by Gasteiger charge is -2.12. The third-order valence-corrected chi connectivity index (χ3v) is 4.18. The summed E-state index contributed by atoms with van der Waals surface area (Å²) in [5, 5.41) is 5.84. The quantitative estimate of drug-likeness (QED) is 0.711. The Morgan fingerprint density at radius 1 is 1.00 bits per heavy atom. The number of carbonyl (C=O) groups is 1. The molecule has 2 amide bonds. The number of anilines is 1. The van der Waals surface area contributed by atoms with Crippen molar-refractivity contribution in [3.63, 3.8) is 0 Å². The van der Waals surface area contributed by atoms with Gasteiger partial charge in [-0.2, -0.15) is 0 Å². The molecule has 3 aromatic rings. The Morgan fingerprint density at radius 3 is 2.56 bits per heavy atom. The van der Waals surface area contributed by atoms with Crippen LogP contribution in [0.3, 0.4) is 0 Å². The molecule has 0 unspecified atom stereocenters. The van der Waals surface area contributed by atoms with Gasteiger partial charge < -0.3 is 15.2 Å². The number of nitrogens with zero attached hydrogens (tertiary/aromatic N) is 1. The predicted octanol–water partition coefficient (Wildman–Crippen LogP) is 4.47. The molecule has 128 valence electrons. The number of benzene rings is 2. The van der Waals surface area contributed by atoms with Crippen LogP contribution in [-0.2, 0) is 13.1 Å². The summed E-state index contributed by atoms with van der Waals surface area (Å²) in [5.41, 5.74) is 5.38. The number of amides is 2. The van der Waals surface area contributed by atoms with Crippen LogP contribution in [0.4, 0.5) is 10.5 Å². The van der Waals surface area contributed by atoms with Crippen molar-refractivity contribution in [3.8, 4) is 0 Å². The standard InChI is InChI=1S/C21H23N3O/c1-16-10-11-20(17(2)13-16)23-21(25)22-14-19-9-6-12-24(19)15-18-7-4-3-5-8-18/h3-13H,14-15H2,1-2H3,(H2,22,23,25). The normalized spacial score (nSPS) is 10.5. The molecule has 0 spiro atoms. The van der Waals surface area contributed by atoms with Gasteiger partial charge in [-0.25, -0.2) is 4.79 Å². The lowest BCUT2D eigenvalue weighted by Crippen LogP contribution is -2.29. The number of hydrogen-bond donors (Lipinski definition) is 2. The van der Waals surface area contributed by atoms with Crippen LogP contribution >= 0.6 is 0 Å². The molecule has 0 saturated carbocycles. The van der Waals surface area contributed by atoms with Crippen LogP contribution in [0.15, 0.2) is 66.9 Å². The molecule has 4 nitrogen and oxygen atoms in total. The Labute approximate surface area is 148 Å². The van der Waals surface area contributed by atoms with Crippen molar-refractivity contribution in [2.24, 2.45) is 0 Å². The van der Waals surface area contributed by atoms with Gasteiger partial charge in [0.05, 0.1) is 6.54 Å². The van der Waals surface area contributed by atoms with E-state index in [9.17, 15) is 4.79 Å². The zero-order chi connectivity index (χ0) is 17.6. The minimum atomic E-state index is -0.195. The molecule has 0 radical (unpaired) electrons. The van der Waals surface area contributed by atoms with Crippen LogP contribution in [0.1, 0.15) is 22.4 Å². The second kappa shape index (κ2) is 7.71. The third kappa shape index (κ3) is 4.51. The number of hydrogen-bond acceptors (Lipinski definition) is 1. The molecular formula is C21H23N3O. The van der Waals surface area contributed by atoms with Gasteiger partial charge in [0.1, 0.15) is 0 Å². The smallest absolute Gasteiger partial charge is 0.319 e. The molecule has 1 aromatic heterocycles. The molecule has 0 aliphatic heterocycles. The highest BCUT2D eigenvalue weighted by atomic mass is 16.2. The van der Waals surface area contributed by atoms with E-state index in [1.807, 2.05) is 62.5 Å². The van der Waals surface area contributed by atoms with E-state index in [1.165, 1.54) is 11.1 Å². The molecular weight excluding hydrogens is 310 g/mol. The van der Waals surface area contributed by atoms with E-state index < -0.39 is 0 Å². The second-order valence-electron chi connectivity index (χ2n) is 6.24. The van der Waals surface area contributed by atoms with Gasteiger partial charge in [-0.05, 0) is 43.2 Å². The zero-order valence-corrected chi connectivity index (χ0v) is 14.6. The van der Waals surface area contributed by atoms with E-state index >= 15 is 0 Å². The maximum absolute atomic E-state index is 12.2. The minimum absolute atomic E-state index is 0.195. The van der Waals surface area contributed by atoms with Gasteiger partial charge in [0, 0.05) is 24.1 Å². The Balaban J connectivity index is 1.58. The molecule has 25 heavy (non-hydrogen) atoms. The Bertz CT molecular complexity index is 853. The Kier molecular flexibility index (Phi) is 5.19. The van der Waals surface area contributed by atoms with Crippen LogP contribution < -0.4 is 10.6 Å². The van der Waals surface area contributed by atoms with Gasteiger partial charge in [0.2, 0.25) is 0 Å². The fraction of sp³-hybridized carbons (Fsp3) is 0.190. The summed E-state index contributed by atoms with van der Waals surface area (Å²) in [5.74, 6) is 0. The lowest BCUT2D eigenvalue weighted by atomic mass is 10.1. The number of nitrogens with one attached hydrogen (secondary N) is 2. The lowest BCUT2D eigenvalue weighted by molar-refractivity contribution is 0.251. The largest absolute Gasteiger partial charge is 0.345 e. The number of aromatic nitrogens is 1. The Hall–Kier alpha value is -3.01. The van der Waals surface area contributed by atoms with Crippen molar-refractivity contribution in [1.29, 1.82) is 0 Å². The van der Waals surface area contributed by atoms with Crippen molar-refractivity contribution in [2.45, 2.75) is 26.9 Å². The summed E-state index contributed by atoms with van der Waals surface area (Å²) in [7, 11) is 0. The monoisotopic (exact) mass is 333 g/mol. The fourth-order valence-electron chi connectivity index (χ4n) is 2.84. The minimum Gasteiger partial charge on any atom is -0.345 e. The predicted molar refractivity (Wildman–Crippen MR) is 102 cm³/mol. The van der Waals surface area contributed by atoms with Crippen LogP contribution in [0.25, 0.3) is 0 Å². The van der Waals surface area contributed by atoms with Gasteiger partial charge in [-0.15, -0.1) is 0 Å². The number of carbonyl (C=O) groups excluding carboxylic acids is 1. The van der Waals surface area contributed by atoms with E-state index in [-0.39, 0.29) is 6.03 Å². The van der Waals surface area contributed by atoms with Crippen molar-refractivity contribution in [3.05, 3.63) is 89.2 Å². The van der Waals surface area contributed by atoms with E-state index in [0.29, 0.717) is 6.54 Å². The highest BCUT2D eigenvalue weighted by Crippen LogP contribution is 2.15. The summed E-state index contributed by atoms with van der Waals surface area (Å²) in [6.45, 7) is 5.31. The van der Waals surface area contributed by atoms with Gasteiger partial charge >= 0.3 is 6.03 Å². The van der Waals surface area contributed by atoms with Crippen LogP contribution in [-0.4, -0.2) is 10.6 Å². The first kappa shape index (κ1) is 16.8. The first-order valence-electron chi connectivity index (χ1n) is 8.42. The van der Waals surface area contributed by atoms with Crippen molar-refractivity contribution in [2.75, 3.05) is 5.32 Å². The first-order chi connectivity index (χ1) is 12.1. The van der Waals surface area contributed by atoms with Gasteiger partial charge in [-0.3, -0.25) is 0 Å². The second-order valence-corrected chi connectivity index (χ2v) is 6.24. The molecule has 2 N–H and O–H groups in total. The van der Waals surface area contributed by atoms with Gasteiger partial charge in [0.25, 0.3) is 0 Å². The molecule has 3 rings (SSSR count). The third-order valence-electron chi connectivity index (χ3n) is 4.18. The SMILES string of the molecule is Cc1ccc(NC(=O)NCc2cccn2Cc2ccccc2)c(C)c1. The summed E-state index contributed by atoms with van der Waals surface area (Å²) in [6.07, 6.45) is 2.03. The van der Waals surface area contributed by atoms with E-state index in [4.69, 9.17) is 0 Å². The maximum atomic E-state index is 12.2. The highest BCUT2D eigenvalue weighted by Gasteiger charge is 2.07. The van der Waals surface area contributed by atoms with Gasteiger partial charge in [-0.1, -0.05) is 48.0 Å². The Morgan fingerprint density at radius 2 is 1.80 bits per heavy atom. The topological polar surface area (TPSA) is 46.1 Å². The fourth-order valence-corrected chi connectivity index (χ4v) is 2.84. The molecule has 0 aliphatic rings. The van der Waals surface area contributed by atoms with E-state index in [0.717, 1.165) is 23.5 Å². The average molecular weight is 333 g/mol. The van der Waals surface area contributed by atoms with Crippen LogP contribution in [0.5, 0.6) is 0 Å². The summed E-state index contributed by atoms with van der Waals surface area (Å²) >= 11 is 0. The molecule has 0 fully saturated rings. The molecule has 1 heterocycles. The number of urea groups is 1. The maximum Gasteiger partial charge on any atom is 0.319 e. The summed E-state index contributed by atoms with van der Waals surface area (Å²) in [4.78, 5) is 12.2. The van der Waals surface area contributed by atoms with E-state index in [1.54, 1.807) is 0 Å². The number of aryl methyl sites for hydroxylation is 2.